The van der Waals surface area contributed by atoms with E-state index in [9.17, 15) is 19.7 Å². The van der Waals surface area contributed by atoms with Gasteiger partial charge in [-0.3, -0.25) is 14.9 Å². The molecule has 0 aliphatic rings. The number of nitro groups is 1. The summed E-state index contributed by atoms with van der Waals surface area (Å²) >= 11 is 0. The smallest absolute Gasteiger partial charge is 0.433 e. The first-order chi connectivity index (χ1) is 13.8. The number of rotatable bonds is 6. The highest BCUT2D eigenvalue weighted by Crippen LogP contribution is 2.25. The molecule has 1 amide bonds. The third-order valence-corrected chi connectivity index (χ3v) is 4.19. The molecule has 0 radical (unpaired) electrons. The molecule has 0 fully saturated rings. The van der Waals surface area contributed by atoms with Gasteiger partial charge in [0, 0.05) is 11.3 Å². The predicted octanol–water partition coefficient (Wildman–Crippen LogP) is 4.34. The number of carbonyl (C=O) groups is 2. The third kappa shape index (κ3) is 4.67. The number of nitrogens with one attached hydrogen (secondary N) is 1. The first-order valence-corrected chi connectivity index (χ1v) is 8.73. The number of anilines is 1. The van der Waals surface area contributed by atoms with Crippen LogP contribution in [0, 0.1) is 24.0 Å². The van der Waals surface area contributed by atoms with Crippen molar-refractivity contribution in [2.45, 2.75) is 20.0 Å². The van der Waals surface area contributed by atoms with Gasteiger partial charge in [-0.15, -0.1) is 0 Å². The van der Waals surface area contributed by atoms with Crippen LogP contribution in [0.3, 0.4) is 0 Å². The molecule has 1 aromatic heterocycles. The lowest BCUT2D eigenvalue weighted by Gasteiger charge is -2.18. The van der Waals surface area contributed by atoms with Crippen LogP contribution in [0.15, 0.2) is 65.1 Å². The molecule has 8 nitrogen and oxygen atoms in total. The van der Waals surface area contributed by atoms with Crippen molar-refractivity contribution in [2.24, 2.45) is 0 Å². The Hall–Kier alpha value is -3.94. The van der Waals surface area contributed by atoms with Crippen LogP contribution >= 0.6 is 0 Å². The molecule has 29 heavy (non-hydrogen) atoms. The Morgan fingerprint density at radius 1 is 1.07 bits per heavy atom. The second-order valence-corrected chi connectivity index (χ2v) is 6.40. The summed E-state index contributed by atoms with van der Waals surface area (Å²) in [7, 11) is 0. The molecule has 0 saturated carbocycles. The Kier molecular flexibility index (Phi) is 5.73. The molecule has 1 N–H and O–H groups in total. The molecule has 0 aliphatic heterocycles. The van der Waals surface area contributed by atoms with Gasteiger partial charge in [-0.05, 0) is 37.1 Å². The largest absolute Gasteiger partial charge is 0.441 e. The van der Waals surface area contributed by atoms with Crippen molar-refractivity contribution in [3.05, 3.63) is 93.2 Å². The molecular weight excluding hydrogens is 376 g/mol. The van der Waals surface area contributed by atoms with Crippen LogP contribution in [-0.4, -0.2) is 16.8 Å². The van der Waals surface area contributed by atoms with Crippen LogP contribution in [0.5, 0.6) is 0 Å². The van der Waals surface area contributed by atoms with Gasteiger partial charge in [-0.2, -0.15) is 0 Å². The van der Waals surface area contributed by atoms with E-state index in [4.69, 9.17) is 9.15 Å². The van der Waals surface area contributed by atoms with E-state index in [1.54, 1.807) is 30.3 Å². The zero-order chi connectivity index (χ0) is 21.0. The fourth-order valence-corrected chi connectivity index (χ4v) is 2.67. The molecule has 0 aliphatic carbocycles. The molecule has 1 unspecified atom stereocenters. The molecule has 1 heterocycles. The summed E-state index contributed by atoms with van der Waals surface area (Å²) in [4.78, 5) is 35.3. The SMILES string of the molecule is Cc1ccc(C)c(NC(=O)C(OC(=O)c2ccc([N+](=O)[O-])o2)c2ccccc2)c1. The molecular formula is C21H18N2O6. The van der Waals surface area contributed by atoms with Crippen LogP contribution in [-0.2, 0) is 9.53 Å². The summed E-state index contributed by atoms with van der Waals surface area (Å²) in [6.07, 6.45) is -1.27. The van der Waals surface area contributed by atoms with E-state index >= 15 is 0 Å². The molecule has 148 valence electrons. The highest BCUT2D eigenvalue weighted by molar-refractivity contribution is 5.98. The normalized spacial score (nSPS) is 11.5. The minimum absolute atomic E-state index is 0.364. The molecule has 1 atom stereocenters. The number of esters is 1. The van der Waals surface area contributed by atoms with Gasteiger partial charge in [0.2, 0.25) is 11.9 Å². The summed E-state index contributed by atoms with van der Waals surface area (Å²) in [5.74, 6) is -2.49. The van der Waals surface area contributed by atoms with E-state index in [0.29, 0.717) is 11.3 Å². The topological polar surface area (TPSA) is 112 Å². The number of hydrogen-bond donors (Lipinski definition) is 1. The maximum absolute atomic E-state index is 12.9. The minimum atomic E-state index is -1.27. The molecule has 0 bridgehead atoms. The second-order valence-electron chi connectivity index (χ2n) is 6.40. The molecule has 8 heteroatoms. The standard InChI is InChI=1S/C21H18N2O6/c1-13-8-9-14(2)16(12-13)22-20(24)19(15-6-4-3-5-7-15)29-21(25)17-10-11-18(28-17)23(26)27/h3-12,19H,1-2H3,(H,22,24). The number of furan rings is 1. The fourth-order valence-electron chi connectivity index (χ4n) is 2.67. The summed E-state index contributed by atoms with van der Waals surface area (Å²) in [5, 5.41) is 13.5. The number of benzene rings is 2. The van der Waals surface area contributed by atoms with E-state index < -0.39 is 28.8 Å². The van der Waals surface area contributed by atoms with E-state index in [2.05, 4.69) is 5.32 Å². The van der Waals surface area contributed by atoms with Crippen molar-refractivity contribution >= 4 is 23.4 Å². The van der Waals surface area contributed by atoms with Gasteiger partial charge in [0.15, 0.2) is 0 Å². The van der Waals surface area contributed by atoms with Crippen LogP contribution < -0.4 is 5.32 Å². The summed E-state index contributed by atoms with van der Waals surface area (Å²) < 4.78 is 10.2. The van der Waals surface area contributed by atoms with Crippen molar-refractivity contribution in [3.8, 4) is 0 Å². The minimum Gasteiger partial charge on any atom is -0.441 e. The van der Waals surface area contributed by atoms with Crippen molar-refractivity contribution in [1.29, 1.82) is 0 Å². The summed E-state index contributed by atoms with van der Waals surface area (Å²) in [5.41, 5.74) is 2.86. The van der Waals surface area contributed by atoms with Crippen LogP contribution in [0.1, 0.15) is 33.3 Å². The predicted molar refractivity (Wildman–Crippen MR) is 105 cm³/mol. The van der Waals surface area contributed by atoms with Gasteiger partial charge in [0.05, 0.1) is 6.07 Å². The lowest BCUT2D eigenvalue weighted by Crippen LogP contribution is -2.26. The van der Waals surface area contributed by atoms with Crippen molar-refractivity contribution in [1.82, 2.24) is 0 Å². The summed E-state index contributed by atoms with van der Waals surface area (Å²) in [6, 6.07) is 16.2. The van der Waals surface area contributed by atoms with Crippen LogP contribution in [0.25, 0.3) is 0 Å². The quantitative estimate of drug-likeness (QED) is 0.378. The lowest BCUT2D eigenvalue weighted by molar-refractivity contribution is -0.402. The number of hydrogen-bond acceptors (Lipinski definition) is 6. The summed E-state index contributed by atoms with van der Waals surface area (Å²) in [6.45, 7) is 3.74. The highest BCUT2D eigenvalue weighted by atomic mass is 16.7. The van der Waals surface area contributed by atoms with Gasteiger partial charge in [0.25, 0.3) is 5.91 Å². The molecule has 0 spiro atoms. The van der Waals surface area contributed by atoms with Crippen LogP contribution in [0.4, 0.5) is 11.6 Å². The number of aryl methyl sites for hydroxylation is 2. The lowest BCUT2D eigenvalue weighted by atomic mass is 10.1. The van der Waals surface area contributed by atoms with E-state index in [0.717, 1.165) is 23.3 Å². The van der Waals surface area contributed by atoms with Gasteiger partial charge in [-0.25, -0.2) is 4.79 Å². The first-order valence-electron chi connectivity index (χ1n) is 8.73. The van der Waals surface area contributed by atoms with Crippen LogP contribution in [0.2, 0.25) is 0 Å². The first kappa shape index (κ1) is 19.8. The van der Waals surface area contributed by atoms with Gasteiger partial charge in [0.1, 0.15) is 4.92 Å². The number of nitrogens with zero attached hydrogens (tertiary/aromatic N) is 1. The van der Waals surface area contributed by atoms with Gasteiger partial charge in [-0.1, -0.05) is 42.5 Å². The second kappa shape index (κ2) is 8.39. The van der Waals surface area contributed by atoms with E-state index in [-0.39, 0.29) is 5.76 Å². The van der Waals surface area contributed by atoms with E-state index in [1.807, 2.05) is 32.0 Å². The molecule has 3 rings (SSSR count). The highest BCUT2D eigenvalue weighted by Gasteiger charge is 2.28. The number of amides is 1. The maximum Gasteiger partial charge on any atom is 0.433 e. The van der Waals surface area contributed by atoms with Gasteiger partial charge >= 0.3 is 11.9 Å². The van der Waals surface area contributed by atoms with Crippen molar-refractivity contribution < 1.29 is 23.7 Å². The Labute approximate surface area is 166 Å². The number of carbonyl (C=O) groups excluding carboxylic acids is 2. The average molecular weight is 394 g/mol. The Bertz CT molecular complexity index is 1060. The average Bonchev–Trinajstić information content (AvgIpc) is 3.20. The Morgan fingerprint density at radius 2 is 1.79 bits per heavy atom. The monoisotopic (exact) mass is 394 g/mol. The maximum atomic E-state index is 12.9. The van der Waals surface area contributed by atoms with E-state index in [1.165, 1.54) is 0 Å². The Morgan fingerprint density at radius 3 is 2.45 bits per heavy atom. The number of ether oxygens (including phenoxy) is 1. The zero-order valence-electron chi connectivity index (χ0n) is 15.7. The van der Waals surface area contributed by atoms with Crippen molar-refractivity contribution in [3.63, 3.8) is 0 Å². The zero-order valence-corrected chi connectivity index (χ0v) is 15.7. The molecule has 2 aromatic carbocycles. The molecule has 0 saturated heterocycles. The Balaban J connectivity index is 1.86. The third-order valence-electron chi connectivity index (χ3n) is 4.19. The van der Waals surface area contributed by atoms with Gasteiger partial charge < -0.3 is 14.5 Å². The molecule has 3 aromatic rings. The van der Waals surface area contributed by atoms with Crippen molar-refractivity contribution in [2.75, 3.05) is 5.32 Å². The fraction of sp³-hybridized carbons (Fsp3) is 0.143.